The van der Waals surface area contributed by atoms with Gasteiger partial charge in [-0.3, -0.25) is 9.97 Å². The molecule has 0 saturated heterocycles. The van der Waals surface area contributed by atoms with E-state index in [0.29, 0.717) is 0 Å². The molecule has 0 fully saturated rings. The SMILES string of the molecule is c1ccc(N2c3ccccc3[Si]3(c4ccccc42)c2ccccc2N(c2ccc4c(c2)c2ncccc2n4-c2ccncc2)c2ccccc23)cc1. The molecule has 1 spiro atoms. The van der Waals surface area contributed by atoms with Gasteiger partial charge in [0.05, 0.1) is 16.6 Å². The topological polar surface area (TPSA) is 37.2 Å². The normalized spacial score (nSPS) is 13.8. The number of hydrogen-bond donors (Lipinski definition) is 0. The Morgan fingerprint density at radius 2 is 0.904 bits per heavy atom. The van der Waals surface area contributed by atoms with Crippen molar-refractivity contribution >= 4 is 84.9 Å². The van der Waals surface area contributed by atoms with Crippen LogP contribution in [0.15, 0.2) is 188 Å². The zero-order valence-corrected chi connectivity index (χ0v) is 29.1. The van der Waals surface area contributed by atoms with E-state index < -0.39 is 8.07 Å². The zero-order valence-electron chi connectivity index (χ0n) is 28.1. The minimum Gasteiger partial charge on any atom is -0.311 e. The van der Waals surface area contributed by atoms with Crippen LogP contribution in [0.25, 0.3) is 27.6 Å². The van der Waals surface area contributed by atoms with Crippen LogP contribution in [-0.2, 0) is 0 Å². The van der Waals surface area contributed by atoms with Crippen LogP contribution < -0.4 is 30.5 Å². The van der Waals surface area contributed by atoms with Crippen molar-refractivity contribution in [2.24, 2.45) is 0 Å². The van der Waals surface area contributed by atoms with Crippen molar-refractivity contribution in [1.82, 2.24) is 14.5 Å². The van der Waals surface area contributed by atoms with Gasteiger partial charge in [-0.25, -0.2) is 0 Å². The van der Waals surface area contributed by atoms with Crippen molar-refractivity contribution in [3.05, 3.63) is 188 Å². The predicted octanol–water partition coefficient (Wildman–Crippen LogP) is 8.52. The Balaban J connectivity index is 1.20. The fourth-order valence-corrected chi connectivity index (χ4v) is 14.4. The highest BCUT2D eigenvalue weighted by Crippen LogP contribution is 2.45. The number of benzene rings is 6. The van der Waals surface area contributed by atoms with Crippen molar-refractivity contribution in [2.75, 3.05) is 9.80 Å². The van der Waals surface area contributed by atoms with Gasteiger partial charge in [-0.2, -0.15) is 0 Å². The van der Waals surface area contributed by atoms with Crippen LogP contribution in [0.5, 0.6) is 0 Å². The second-order valence-corrected chi connectivity index (χ2v) is 17.1. The lowest BCUT2D eigenvalue weighted by Gasteiger charge is -2.50. The summed E-state index contributed by atoms with van der Waals surface area (Å²) in [4.78, 5) is 14.2. The number of hydrogen-bond acceptors (Lipinski definition) is 4. The summed E-state index contributed by atoms with van der Waals surface area (Å²) in [6, 6.07) is 62.4. The molecule has 0 bridgehead atoms. The first-order valence-electron chi connectivity index (χ1n) is 17.7. The molecular weight excluding hydrogens is 651 g/mol. The molecule has 0 saturated carbocycles. The Morgan fingerprint density at radius 3 is 1.48 bits per heavy atom. The van der Waals surface area contributed by atoms with E-state index in [0.717, 1.165) is 39.0 Å². The van der Waals surface area contributed by atoms with Gasteiger partial charge in [-0.15, -0.1) is 0 Å². The van der Waals surface area contributed by atoms with Crippen LogP contribution in [-0.4, -0.2) is 22.6 Å². The van der Waals surface area contributed by atoms with E-state index in [-0.39, 0.29) is 0 Å². The van der Waals surface area contributed by atoms with Crippen LogP contribution in [0.4, 0.5) is 34.1 Å². The highest BCUT2D eigenvalue weighted by Gasteiger charge is 2.53. The van der Waals surface area contributed by atoms with Crippen molar-refractivity contribution in [3.8, 4) is 5.69 Å². The molecule has 6 heteroatoms. The molecular formula is C46H31N5Si. The minimum absolute atomic E-state index is 0.983. The number of nitrogens with zero attached hydrogens (tertiary/aromatic N) is 5. The second-order valence-electron chi connectivity index (χ2n) is 13.4. The van der Waals surface area contributed by atoms with E-state index in [1.165, 1.54) is 43.5 Å². The van der Waals surface area contributed by atoms with Gasteiger partial charge in [-0.1, -0.05) is 91.0 Å². The fraction of sp³-hybridized carbons (Fsp3) is 0. The molecule has 0 amide bonds. The number of aromatic nitrogens is 3. The first-order valence-corrected chi connectivity index (χ1v) is 19.7. The molecule has 0 N–H and O–H groups in total. The van der Waals surface area contributed by atoms with Crippen molar-refractivity contribution in [3.63, 3.8) is 0 Å². The third-order valence-electron chi connectivity index (χ3n) is 10.9. The van der Waals surface area contributed by atoms with Crippen molar-refractivity contribution in [1.29, 1.82) is 0 Å². The fourth-order valence-electron chi connectivity index (χ4n) is 8.94. The molecule has 52 heavy (non-hydrogen) atoms. The Bertz CT molecular complexity index is 2730. The molecule has 5 heterocycles. The predicted molar refractivity (Wildman–Crippen MR) is 216 cm³/mol. The molecule has 0 atom stereocenters. The molecule has 9 aromatic rings. The average Bonchev–Trinajstić information content (AvgIpc) is 3.55. The molecule has 2 aliphatic heterocycles. The molecule has 6 aromatic carbocycles. The maximum atomic E-state index is 4.93. The largest absolute Gasteiger partial charge is 0.311 e. The van der Waals surface area contributed by atoms with Gasteiger partial charge in [0.1, 0.15) is 0 Å². The molecule has 3 aromatic heterocycles. The van der Waals surface area contributed by atoms with E-state index in [1.807, 2.05) is 24.7 Å². The standard InChI is InChI=1S/C46H31N5Si/c1-2-13-32(14-3-1)50-37-15-4-8-20-42(37)52(43-21-9-5-16-38(43)50)44-22-10-6-17-39(44)51(40-18-7-11-23-45(40)52)34-24-25-36-35(31-34)46-41(19-12-28-48-46)49(36)33-26-29-47-30-27-33/h1-31H. The summed E-state index contributed by atoms with van der Waals surface area (Å²) in [7, 11) is -2.84. The summed E-state index contributed by atoms with van der Waals surface area (Å²) in [5, 5.41) is 6.69. The molecule has 0 aliphatic carbocycles. The molecule has 11 rings (SSSR count). The van der Waals surface area contributed by atoms with Gasteiger partial charge < -0.3 is 14.4 Å². The summed E-state index contributed by atoms with van der Waals surface area (Å²) >= 11 is 0. The number of anilines is 6. The van der Waals surface area contributed by atoms with Gasteiger partial charge in [0.15, 0.2) is 8.07 Å². The molecule has 244 valence electrons. The summed E-state index contributed by atoms with van der Waals surface area (Å²) in [6.45, 7) is 0. The number of para-hydroxylation sites is 5. The summed E-state index contributed by atoms with van der Waals surface area (Å²) in [6.07, 6.45) is 5.59. The van der Waals surface area contributed by atoms with Crippen molar-refractivity contribution < 1.29 is 0 Å². The molecule has 2 aliphatic rings. The lowest BCUT2D eigenvalue weighted by Crippen LogP contribution is -2.79. The summed E-state index contributed by atoms with van der Waals surface area (Å²) < 4.78 is 2.29. The number of fused-ring (bicyclic) bond motifs is 11. The van der Waals surface area contributed by atoms with Gasteiger partial charge >= 0.3 is 0 Å². The third-order valence-corrected chi connectivity index (χ3v) is 15.8. The lowest BCUT2D eigenvalue weighted by atomic mass is 10.1. The first kappa shape index (κ1) is 29.0. The van der Waals surface area contributed by atoms with Crippen LogP contribution in [0.2, 0.25) is 0 Å². The van der Waals surface area contributed by atoms with E-state index in [4.69, 9.17) is 4.98 Å². The monoisotopic (exact) mass is 681 g/mol. The quantitative estimate of drug-likeness (QED) is 0.175. The Kier molecular flexibility index (Phi) is 6.20. The number of pyridine rings is 2. The van der Waals surface area contributed by atoms with E-state index in [1.54, 1.807) is 0 Å². The number of rotatable bonds is 3. The average molecular weight is 682 g/mol. The van der Waals surface area contributed by atoms with Crippen LogP contribution in [0, 0.1) is 0 Å². The van der Waals surface area contributed by atoms with Crippen molar-refractivity contribution in [2.45, 2.75) is 0 Å². The van der Waals surface area contributed by atoms with Gasteiger partial charge in [0, 0.05) is 63.8 Å². The smallest absolute Gasteiger partial charge is 0.188 e. The maximum Gasteiger partial charge on any atom is 0.188 e. The second kappa shape index (κ2) is 11.1. The zero-order chi connectivity index (χ0) is 34.2. The van der Waals surface area contributed by atoms with E-state index in [2.05, 4.69) is 183 Å². The Hall–Kier alpha value is -6.76. The first-order chi connectivity index (χ1) is 25.8. The maximum absolute atomic E-state index is 4.93. The highest BCUT2D eigenvalue weighted by atomic mass is 28.3. The van der Waals surface area contributed by atoms with E-state index >= 15 is 0 Å². The van der Waals surface area contributed by atoms with Gasteiger partial charge in [0.25, 0.3) is 0 Å². The summed E-state index contributed by atoms with van der Waals surface area (Å²) in [5.41, 5.74) is 11.4. The van der Waals surface area contributed by atoms with Crippen LogP contribution >= 0.6 is 0 Å². The van der Waals surface area contributed by atoms with Crippen LogP contribution in [0.1, 0.15) is 0 Å². The Labute approximate surface area is 302 Å². The third kappa shape index (κ3) is 3.87. The van der Waals surface area contributed by atoms with Gasteiger partial charge in [0.2, 0.25) is 0 Å². The Morgan fingerprint density at radius 1 is 0.385 bits per heavy atom. The lowest BCUT2D eigenvalue weighted by molar-refractivity contribution is 1.15. The molecule has 0 radical (unpaired) electrons. The minimum atomic E-state index is -2.84. The molecule has 0 unspecified atom stereocenters. The van der Waals surface area contributed by atoms with Crippen LogP contribution in [0.3, 0.4) is 0 Å². The highest BCUT2D eigenvalue weighted by molar-refractivity contribution is 7.23. The summed E-state index contributed by atoms with van der Waals surface area (Å²) in [5.74, 6) is 0. The van der Waals surface area contributed by atoms with Gasteiger partial charge in [-0.05, 0) is 99.6 Å². The van der Waals surface area contributed by atoms with E-state index in [9.17, 15) is 0 Å². The molecule has 5 nitrogen and oxygen atoms in total.